The van der Waals surface area contributed by atoms with Gasteiger partial charge in [0.2, 0.25) is 15.9 Å². The third-order valence-corrected chi connectivity index (χ3v) is 7.90. The van der Waals surface area contributed by atoms with Crippen LogP contribution >= 0.6 is 0 Å². The van der Waals surface area contributed by atoms with E-state index in [-0.39, 0.29) is 17.2 Å². The Labute approximate surface area is 194 Å². The number of aromatic nitrogens is 1. The molecule has 2 heterocycles. The molecule has 1 aliphatic heterocycles. The lowest BCUT2D eigenvalue weighted by molar-refractivity contribution is -0.116. The quantitative estimate of drug-likeness (QED) is 0.543. The monoisotopic (exact) mass is 467 g/mol. The molecular weight excluding hydrogens is 438 g/mol. The average molecular weight is 468 g/mol. The van der Waals surface area contributed by atoms with Gasteiger partial charge in [0, 0.05) is 37.2 Å². The Bertz CT molecular complexity index is 1230. The van der Waals surface area contributed by atoms with E-state index in [9.17, 15) is 13.2 Å². The zero-order chi connectivity index (χ0) is 23.4. The molecule has 33 heavy (non-hydrogen) atoms. The highest BCUT2D eigenvalue weighted by atomic mass is 32.2. The number of oxazole rings is 1. The molecule has 8 heteroatoms. The predicted octanol–water partition coefficient (Wildman–Crippen LogP) is 4.70. The van der Waals surface area contributed by atoms with Gasteiger partial charge in [-0.3, -0.25) is 4.79 Å². The van der Waals surface area contributed by atoms with Crippen molar-refractivity contribution in [2.75, 3.05) is 18.4 Å². The maximum atomic E-state index is 13.1. The van der Waals surface area contributed by atoms with Crippen LogP contribution in [-0.4, -0.2) is 36.7 Å². The van der Waals surface area contributed by atoms with E-state index in [2.05, 4.69) is 10.3 Å². The molecule has 1 aromatic heterocycles. The molecule has 0 radical (unpaired) electrons. The number of carbonyl (C=O) groups excluding carboxylic acids is 1. The van der Waals surface area contributed by atoms with Gasteiger partial charge in [0.1, 0.15) is 0 Å². The molecule has 3 aromatic rings. The lowest BCUT2D eigenvalue weighted by Gasteiger charge is -2.26. The van der Waals surface area contributed by atoms with Gasteiger partial charge in [-0.15, -0.1) is 0 Å². The fraction of sp³-hybridized carbons (Fsp3) is 0.360. The van der Waals surface area contributed by atoms with Crippen LogP contribution in [0, 0.1) is 13.8 Å². The zero-order valence-electron chi connectivity index (χ0n) is 19.0. The number of aryl methyl sites for hydroxylation is 3. The van der Waals surface area contributed by atoms with Crippen molar-refractivity contribution >= 4 is 21.6 Å². The first-order valence-electron chi connectivity index (χ1n) is 11.3. The van der Waals surface area contributed by atoms with Crippen molar-refractivity contribution in [3.8, 4) is 11.3 Å². The van der Waals surface area contributed by atoms with Crippen molar-refractivity contribution in [3.05, 3.63) is 65.7 Å². The van der Waals surface area contributed by atoms with E-state index in [1.807, 2.05) is 31.2 Å². The van der Waals surface area contributed by atoms with Crippen molar-refractivity contribution in [3.63, 3.8) is 0 Å². The molecule has 174 valence electrons. The van der Waals surface area contributed by atoms with Gasteiger partial charge in [-0.1, -0.05) is 42.3 Å². The topological polar surface area (TPSA) is 92.5 Å². The van der Waals surface area contributed by atoms with Gasteiger partial charge in [-0.2, -0.15) is 4.31 Å². The number of nitrogens with one attached hydrogen (secondary N) is 1. The second kappa shape index (κ2) is 9.89. The molecule has 0 unspecified atom stereocenters. The van der Waals surface area contributed by atoms with Gasteiger partial charge in [0.05, 0.1) is 11.1 Å². The molecule has 1 amide bonds. The minimum absolute atomic E-state index is 0.177. The Hall–Kier alpha value is -2.97. The van der Waals surface area contributed by atoms with Gasteiger partial charge in [0.15, 0.2) is 11.7 Å². The minimum atomic E-state index is -3.58. The molecular formula is C25H29N3O4S. The molecule has 1 N–H and O–H groups in total. The number of rotatable bonds is 7. The number of carbonyl (C=O) groups is 1. The van der Waals surface area contributed by atoms with Crippen LogP contribution in [0.4, 0.5) is 5.69 Å². The standard InChI is InChI=1S/C25H29N3O4S/c1-18-6-9-20(10-7-18)22-17-26-25(32-22)13-12-24(29)27-21-11-8-19(2)23(16-21)33(30,31)28-14-4-3-5-15-28/h6-11,16-17H,3-5,12-15H2,1-2H3,(H,27,29). The number of sulfonamides is 1. The molecule has 4 rings (SSSR count). The van der Waals surface area contributed by atoms with E-state index < -0.39 is 10.0 Å². The minimum Gasteiger partial charge on any atom is -0.441 e. The zero-order valence-corrected chi connectivity index (χ0v) is 19.8. The Balaban J connectivity index is 1.39. The molecule has 2 aromatic carbocycles. The molecule has 7 nitrogen and oxygen atoms in total. The number of piperidine rings is 1. The summed E-state index contributed by atoms with van der Waals surface area (Å²) < 4.78 is 33.5. The van der Waals surface area contributed by atoms with Gasteiger partial charge < -0.3 is 9.73 Å². The van der Waals surface area contributed by atoms with Gasteiger partial charge in [-0.05, 0) is 44.4 Å². The summed E-state index contributed by atoms with van der Waals surface area (Å²) >= 11 is 0. The van der Waals surface area contributed by atoms with Crippen LogP contribution in [0.5, 0.6) is 0 Å². The van der Waals surface area contributed by atoms with E-state index in [1.54, 1.807) is 35.6 Å². The van der Waals surface area contributed by atoms with Crippen molar-refractivity contribution < 1.29 is 17.6 Å². The third kappa shape index (κ3) is 5.51. The van der Waals surface area contributed by atoms with E-state index in [0.717, 1.165) is 30.4 Å². The summed E-state index contributed by atoms with van der Waals surface area (Å²) in [6, 6.07) is 13.0. The molecule has 0 saturated carbocycles. The lowest BCUT2D eigenvalue weighted by atomic mass is 10.1. The van der Waals surface area contributed by atoms with Crippen molar-refractivity contribution in [2.45, 2.75) is 50.8 Å². The Morgan fingerprint density at radius 3 is 2.52 bits per heavy atom. The number of hydrogen-bond donors (Lipinski definition) is 1. The molecule has 1 aliphatic rings. The van der Waals surface area contributed by atoms with Crippen LogP contribution in [-0.2, 0) is 21.2 Å². The second-order valence-corrected chi connectivity index (χ2v) is 10.4. The van der Waals surface area contributed by atoms with Crippen LogP contribution in [0.2, 0.25) is 0 Å². The third-order valence-electron chi connectivity index (χ3n) is 5.86. The summed E-state index contributed by atoms with van der Waals surface area (Å²) in [5, 5.41) is 2.81. The van der Waals surface area contributed by atoms with Crippen LogP contribution in [0.3, 0.4) is 0 Å². The summed E-state index contributed by atoms with van der Waals surface area (Å²) in [6.07, 6.45) is 4.99. The van der Waals surface area contributed by atoms with E-state index >= 15 is 0 Å². The highest BCUT2D eigenvalue weighted by molar-refractivity contribution is 7.89. The van der Waals surface area contributed by atoms with E-state index in [0.29, 0.717) is 42.4 Å². The van der Waals surface area contributed by atoms with Gasteiger partial charge in [0.25, 0.3) is 0 Å². The summed E-state index contributed by atoms with van der Waals surface area (Å²) in [6.45, 7) is 4.88. The summed E-state index contributed by atoms with van der Waals surface area (Å²) in [5.74, 6) is 0.921. The molecule has 1 fully saturated rings. The number of nitrogens with zero attached hydrogens (tertiary/aromatic N) is 2. The largest absolute Gasteiger partial charge is 0.441 e. The fourth-order valence-electron chi connectivity index (χ4n) is 3.92. The number of anilines is 1. The van der Waals surface area contributed by atoms with E-state index in [1.165, 1.54) is 0 Å². The molecule has 0 spiro atoms. The van der Waals surface area contributed by atoms with Gasteiger partial charge in [-0.25, -0.2) is 13.4 Å². The average Bonchev–Trinajstić information content (AvgIpc) is 3.29. The first-order chi connectivity index (χ1) is 15.8. The molecule has 1 saturated heterocycles. The Kier molecular flexibility index (Phi) is 6.95. The van der Waals surface area contributed by atoms with Crippen molar-refractivity contribution in [2.24, 2.45) is 0 Å². The molecule has 0 aliphatic carbocycles. The summed E-state index contributed by atoms with van der Waals surface area (Å²) in [5.41, 5.74) is 3.24. The van der Waals surface area contributed by atoms with Gasteiger partial charge >= 0.3 is 0 Å². The summed E-state index contributed by atoms with van der Waals surface area (Å²) in [7, 11) is -3.58. The maximum absolute atomic E-state index is 13.1. The predicted molar refractivity (Wildman–Crippen MR) is 127 cm³/mol. The number of hydrogen-bond acceptors (Lipinski definition) is 5. The molecule has 0 atom stereocenters. The Morgan fingerprint density at radius 2 is 1.79 bits per heavy atom. The van der Waals surface area contributed by atoms with Crippen LogP contribution < -0.4 is 5.32 Å². The SMILES string of the molecule is Cc1ccc(-c2cnc(CCC(=O)Nc3ccc(C)c(S(=O)(=O)N4CCCCC4)c3)o2)cc1. The van der Waals surface area contributed by atoms with Crippen LogP contribution in [0.1, 0.15) is 42.7 Å². The van der Waals surface area contributed by atoms with Crippen molar-refractivity contribution in [1.82, 2.24) is 9.29 Å². The maximum Gasteiger partial charge on any atom is 0.243 e. The first kappa shape index (κ1) is 23.2. The Morgan fingerprint density at radius 1 is 1.06 bits per heavy atom. The number of amides is 1. The van der Waals surface area contributed by atoms with Crippen LogP contribution in [0.25, 0.3) is 11.3 Å². The van der Waals surface area contributed by atoms with Crippen LogP contribution in [0.15, 0.2) is 58.0 Å². The highest BCUT2D eigenvalue weighted by Crippen LogP contribution is 2.26. The fourth-order valence-corrected chi connectivity index (χ4v) is 5.69. The highest BCUT2D eigenvalue weighted by Gasteiger charge is 2.27. The second-order valence-electron chi connectivity index (χ2n) is 8.48. The number of benzene rings is 2. The van der Waals surface area contributed by atoms with E-state index in [4.69, 9.17) is 4.42 Å². The normalized spacial score (nSPS) is 14.8. The molecule has 0 bridgehead atoms. The lowest BCUT2D eigenvalue weighted by Crippen LogP contribution is -2.36. The smallest absolute Gasteiger partial charge is 0.243 e. The van der Waals surface area contributed by atoms with Crippen molar-refractivity contribution in [1.29, 1.82) is 0 Å². The first-order valence-corrected chi connectivity index (χ1v) is 12.7. The summed E-state index contributed by atoms with van der Waals surface area (Å²) in [4.78, 5) is 17.0.